The first kappa shape index (κ1) is 25.2. The molecule has 0 aliphatic carbocycles. The fourth-order valence-electron chi connectivity index (χ4n) is 5.14. The van der Waals surface area contributed by atoms with Crippen LogP contribution >= 0.6 is 0 Å². The quantitative estimate of drug-likeness (QED) is 0.342. The topological polar surface area (TPSA) is 102 Å². The molecule has 1 unspecified atom stereocenters. The van der Waals surface area contributed by atoms with E-state index in [0.717, 1.165) is 0 Å². The molecule has 9 nitrogen and oxygen atoms in total. The molecular formula is C29H29N5O4. The molecule has 0 radical (unpaired) electrons. The highest BCUT2D eigenvalue weighted by molar-refractivity contribution is 5.49. The van der Waals surface area contributed by atoms with Crippen LogP contribution in [0.1, 0.15) is 34.0 Å². The summed E-state index contributed by atoms with van der Waals surface area (Å²) in [6.07, 6.45) is 0. The zero-order valence-electron chi connectivity index (χ0n) is 21.6. The van der Waals surface area contributed by atoms with Crippen LogP contribution in [0.4, 0.5) is 5.69 Å². The number of aromatic nitrogens is 4. The van der Waals surface area contributed by atoms with Crippen molar-refractivity contribution in [2.45, 2.75) is 19.8 Å². The zero-order chi connectivity index (χ0) is 27.1. The van der Waals surface area contributed by atoms with Gasteiger partial charge in [-0.25, -0.2) is 14.6 Å². The third-order valence-electron chi connectivity index (χ3n) is 7.27. The Bertz CT molecular complexity index is 1610. The van der Waals surface area contributed by atoms with E-state index in [2.05, 4.69) is 0 Å². The van der Waals surface area contributed by atoms with E-state index in [4.69, 9.17) is 0 Å². The smallest absolute Gasteiger partial charge is 0.275 e. The lowest BCUT2D eigenvalue weighted by atomic mass is 9.85. The van der Waals surface area contributed by atoms with E-state index in [9.17, 15) is 20.0 Å². The molecule has 3 aromatic carbocycles. The van der Waals surface area contributed by atoms with Gasteiger partial charge in [0.1, 0.15) is 0 Å². The Labute approximate surface area is 219 Å². The van der Waals surface area contributed by atoms with Crippen molar-refractivity contribution in [1.82, 2.24) is 18.7 Å². The Morgan fingerprint density at radius 3 is 1.45 bits per heavy atom. The van der Waals surface area contributed by atoms with E-state index in [1.54, 1.807) is 30.9 Å². The molecule has 0 bridgehead atoms. The van der Waals surface area contributed by atoms with E-state index in [0.29, 0.717) is 39.5 Å². The van der Waals surface area contributed by atoms with Crippen molar-refractivity contribution in [2.24, 2.45) is 14.1 Å². The van der Waals surface area contributed by atoms with Crippen LogP contribution < -0.4 is 16.3 Å². The number of benzene rings is 3. The summed E-state index contributed by atoms with van der Waals surface area (Å²) >= 11 is 0. The highest BCUT2D eigenvalue weighted by Crippen LogP contribution is 2.33. The maximum Gasteiger partial charge on any atom is 0.275 e. The number of hydrogen-bond donors (Lipinski definition) is 2. The molecule has 0 saturated carbocycles. The molecule has 5 aromatic rings. The normalized spacial score (nSPS) is 12.3. The van der Waals surface area contributed by atoms with Crippen LogP contribution in [0.15, 0.2) is 94.5 Å². The first-order valence-corrected chi connectivity index (χ1v) is 12.2. The van der Waals surface area contributed by atoms with Gasteiger partial charge in [-0.15, -0.1) is 0 Å². The van der Waals surface area contributed by atoms with Crippen LogP contribution in [-0.4, -0.2) is 23.9 Å². The Hall–Kier alpha value is -4.44. The van der Waals surface area contributed by atoms with Crippen molar-refractivity contribution in [3.05, 3.63) is 139 Å². The van der Waals surface area contributed by atoms with Gasteiger partial charge in [-0.2, -0.15) is 5.23 Å². The second-order valence-corrected chi connectivity index (χ2v) is 9.31. The van der Waals surface area contributed by atoms with Gasteiger partial charge >= 0.3 is 0 Å². The van der Waals surface area contributed by atoms with Gasteiger partial charge in [-0.3, -0.25) is 19.0 Å². The second-order valence-electron chi connectivity index (χ2n) is 9.31. The largest absolute Gasteiger partial charge is 0.595 e. The zero-order valence-corrected chi connectivity index (χ0v) is 21.6. The van der Waals surface area contributed by atoms with Crippen LogP contribution in [0.25, 0.3) is 11.4 Å². The van der Waals surface area contributed by atoms with Gasteiger partial charge in [0, 0.05) is 43.5 Å². The predicted octanol–water partition coefficient (Wildman–Crippen LogP) is 2.87. The van der Waals surface area contributed by atoms with Gasteiger partial charge in [-0.1, -0.05) is 48.5 Å². The van der Waals surface area contributed by atoms with Crippen molar-refractivity contribution in [3.63, 3.8) is 0 Å². The molecule has 0 aliphatic rings. The molecular weight excluding hydrogens is 482 g/mol. The minimum Gasteiger partial charge on any atom is -0.595 e. The fraction of sp³-hybridized carbons (Fsp3) is 0.172. The molecule has 38 heavy (non-hydrogen) atoms. The summed E-state index contributed by atoms with van der Waals surface area (Å²) in [7, 11) is 3.63. The first-order valence-electron chi connectivity index (χ1n) is 12.2. The molecule has 2 N–H and O–H groups in total. The molecule has 5 rings (SSSR count). The molecule has 2 aromatic heterocycles. The number of nitrogens with one attached hydrogen (secondary N) is 1. The SMILES string of the molecule is Cc1c(C(c2ccc([NH+]([O-])O)cc2)c2c(C)n(C)n(-c3ccccc3)c2=O)c(=O)n(-c2ccccc2)n1C. The van der Waals surface area contributed by atoms with Gasteiger partial charge in [0.15, 0.2) is 5.69 Å². The van der Waals surface area contributed by atoms with Crippen molar-refractivity contribution >= 4 is 5.69 Å². The summed E-state index contributed by atoms with van der Waals surface area (Å²) < 4.78 is 6.77. The summed E-state index contributed by atoms with van der Waals surface area (Å²) in [6.45, 7) is 3.73. The summed E-state index contributed by atoms with van der Waals surface area (Å²) in [5.41, 5.74) is 4.07. The molecule has 194 valence electrons. The van der Waals surface area contributed by atoms with Gasteiger partial charge in [0.25, 0.3) is 11.1 Å². The fourth-order valence-corrected chi connectivity index (χ4v) is 5.14. The van der Waals surface area contributed by atoms with Crippen LogP contribution in [0, 0.1) is 19.1 Å². The molecule has 2 heterocycles. The van der Waals surface area contributed by atoms with Crippen LogP contribution in [0.5, 0.6) is 0 Å². The number of para-hydroxylation sites is 2. The summed E-state index contributed by atoms with van der Waals surface area (Å²) in [5.74, 6) is -0.717. The van der Waals surface area contributed by atoms with Crippen molar-refractivity contribution in [3.8, 4) is 11.4 Å². The van der Waals surface area contributed by atoms with E-state index in [1.165, 1.54) is 12.1 Å². The average molecular weight is 512 g/mol. The summed E-state index contributed by atoms with van der Waals surface area (Å²) in [6, 6.07) is 25.1. The Kier molecular flexibility index (Phi) is 6.50. The van der Waals surface area contributed by atoms with E-state index < -0.39 is 11.1 Å². The summed E-state index contributed by atoms with van der Waals surface area (Å²) in [5, 5.41) is 19.9. The number of quaternary nitrogens is 1. The second kappa shape index (κ2) is 9.79. The molecule has 0 saturated heterocycles. The van der Waals surface area contributed by atoms with E-state index >= 15 is 0 Å². The van der Waals surface area contributed by atoms with Crippen LogP contribution in [0.2, 0.25) is 0 Å². The average Bonchev–Trinajstić information content (AvgIpc) is 3.28. The van der Waals surface area contributed by atoms with Gasteiger partial charge in [0.05, 0.1) is 22.5 Å². The van der Waals surface area contributed by atoms with Gasteiger partial charge < -0.3 is 5.21 Å². The van der Waals surface area contributed by atoms with E-state index in [1.807, 2.05) is 88.6 Å². The Balaban J connectivity index is 1.82. The highest BCUT2D eigenvalue weighted by atomic mass is 16.8. The Morgan fingerprint density at radius 2 is 1.08 bits per heavy atom. The number of nitrogens with zero attached hydrogens (tertiary/aromatic N) is 4. The number of rotatable bonds is 6. The third kappa shape index (κ3) is 4.03. The molecule has 0 amide bonds. The molecule has 0 spiro atoms. The predicted molar refractivity (Wildman–Crippen MR) is 145 cm³/mol. The molecule has 1 atom stereocenters. The maximum absolute atomic E-state index is 14.1. The van der Waals surface area contributed by atoms with Crippen molar-refractivity contribution < 1.29 is 10.4 Å². The van der Waals surface area contributed by atoms with Crippen molar-refractivity contribution in [1.29, 1.82) is 0 Å². The lowest BCUT2D eigenvalue weighted by molar-refractivity contribution is -0.991. The van der Waals surface area contributed by atoms with Crippen LogP contribution in [-0.2, 0) is 14.1 Å². The van der Waals surface area contributed by atoms with Crippen molar-refractivity contribution in [2.75, 3.05) is 0 Å². The first-order chi connectivity index (χ1) is 18.2. The van der Waals surface area contributed by atoms with Gasteiger partial charge in [0.2, 0.25) is 0 Å². The van der Waals surface area contributed by atoms with Gasteiger partial charge in [-0.05, 0) is 43.7 Å². The minimum atomic E-state index is -1.04. The monoisotopic (exact) mass is 511 g/mol. The molecule has 9 heteroatoms. The Morgan fingerprint density at radius 1 is 0.684 bits per heavy atom. The summed E-state index contributed by atoms with van der Waals surface area (Å²) in [4.78, 5) is 28.2. The van der Waals surface area contributed by atoms with E-state index in [-0.39, 0.29) is 16.8 Å². The highest BCUT2D eigenvalue weighted by Gasteiger charge is 2.32. The standard InChI is InChI=1S/C29H29N5O4/c1-19-25(28(35)32(30(19)3)22-11-7-5-8-12-22)27(21-15-17-24(18-16-21)34(37)38)26-20(2)31(4)33(29(26)36)23-13-9-6-10-14-23/h5-18,27,34,37H,1-4H3. The molecule has 0 aliphatic heterocycles. The van der Waals surface area contributed by atoms with Crippen LogP contribution in [0.3, 0.4) is 0 Å². The lowest BCUT2D eigenvalue weighted by Gasteiger charge is -2.18. The lowest BCUT2D eigenvalue weighted by Crippen LogP contribution is -2.99. The minimum absolute atomic E-state index is 0.130. The molecule has 0 fully saturated rings. The third-order valence-corrected chi connectivity index (χ3v) is 7.27. The maximum atomic E-state index is 14.1. The number of hydrogen-bond acceptors (Lipinski definition) is 4.